The predicted octanol–water partition coefficient (Wildman–Crippen LogP) is 3.06. The summed E-state index contributed by atoms with van der Waals surface area (Å²) < 4.78 is 2.01. The number of aromatic nitrogens is 3. The average molecular weight is 436 g/mol. The van der Waals surface area contributed by atoms with Crippen LogP contribution in [0.3, 0.4) is 0 Å². The van der Waals surface area contributed by atoms with Gasteiger partial charge >= 0.3 is 0 Å². The van der Waals surface area contributed by atoms with Gasteiger partial charge in [-0.3, -0.25) is 4.99 Å². The van der Waals surface area contributed by atoms with Gasteiger partial charge in [-0.15, -0.1) is 34.2 Å². The van der Waals surface area contributed by atoms with E-state index in [0.29, 0.717) is 0 Å². The highest BCUT2D eigenvalue weighted by Crippen LogP contribution is 2.05. The highest BCUT2D eigenvalue weighted by atomic mass is 127. The van der Waals surface area contributed by atoms with Gasteiger partial charge in [0.25, 0.3) is 0 Å². The molecule has 6 nitrogen and oxygen atoms in total. The fraction of sp³-hybridized carbons (Fsp3) is 0.812. The molecule has 0 aliphatic heterocycles. The van der Waals surface area contributed by atoms with Crippen molar-refractivity contribution in [3.8, 4) is 0 Å². The second kappa shape index (κ2) is 14.7. The molecule has 0 atom stereocenters. The summed E-state index contributed by atoms with van der Waals surface area (Å²) in [4.78, 5) is 4.63. The van der Waals surface area contributed by atoms with Crippen LogP contribution in [0.25, 0.3) is 0 Å². The van der Waals surface area contributed by atoms with Gasteiger partial charge in [-0.1, -0.05) is 26.7 Å². The third-order valence-corrected chi connectivity index (χ3v) is 3.41. The Morgan fingerprint density at radius 2 is 1.83 bits per heavy atom. The summed E-state index contributed by atoms with van der Waals surface area (Å²) in [6.07, 6.45) is 9.46. The Kier molecular flexibility index (Phi) is 14.2. The van der Waals surface area contributed by atoms with Gasteiger partial charge in [0.15, 0.2) is 5.96 Å². The molecule has 134 valence electrons. The van der Waals surface area contributed by atoms with Gasteiger partial charge in [-0.25, -0.2) is 0 Å². The van der Waals surface area contributed by atoms with E-state index in [9.17, 15) is 0 Å². The molecular weight excluding hydrogens is 403 g/mol. The van der Waals surface area contributed by atoms with Gasteiger partial charge in [0.2, 0.25) is 0 Å². The maximum Gasteiger partial charge on any atom is 0.191 e. The maximum absolute atomic E-state index is 4.63. The summed E-state index contributed by atoms with van der Waals surface area (Å²) >= 11 is 0. The number of nitrogens with zero attached hydrogens (tertiary/aromatic N) is 4. The molecule has 2 N–H and O–H groups in total. The first-order valence-electron chi connectivity index (χ1n) is 8.57. The predicted molar refractivity (Wildman–Crippen MR) is 107 cm³/mol. The number of halogens is 1. The Labute approximate surface area is 158 Å². The minimum Gasteiger partial charge on any atom is -0.357 e. The smallest absolute Gasteiger partial charge is 0.191 e. The number of rotatable bonds is 11. The molecule has 0 radical (unpaired) electrons. The van der Waals surface area contributed by atoms with Gasteiger partial charge < -0.3 is 15.2 Å². The molecule has 0 aromatic carbocycles. The molecule has 7 heteroatoms. The Bertz CT molecular complexity index is 391. The van der Waals surface area contributed by atoms with Gasteiger partial charge in [0, 0.05) is 26.2 Å². The number of hydrogen-bond acceptors (Lipinski definition) is 3. The molecular formula is C16H33IN6. The lowest BCUT2D eigenvalue weighted by molar-refractivity contribution is 0.541. The van der Waals surface area contributed by atoms with Crippen molar-refractivity contribution in [1.82, 2.24) is 25.4 Å². The van der Waals surface area contributed by atoms with E-state index < -0.39 is 0 Å². The van der Waals surface area contributed by atoms with Crippen molar-refractivity contribution in [1.29, 1.82) is 0 Å². The fourth-order valence-electron chi connectivity index (χ4n) is 2.16. The SMILES string of the molecule is CCNC(=NCCCCC(C)C)NCCCCn1cnnc1.I. The van der Waals surface area contributed by atoms with E-state index in [2.05, 4.69) is 46.6 Å². The van der Waals surface area contributed by atoms with E-state index in [1.54, 1.807) is 12.7 Å². The van der Waals surface area contributed by atoms with E-state index >= 15 is 0 Å². The Balaban J connectivity index is 0.00000484. The number of unbranched alkanes of at least 4 members (excludes halogenated alkanes) is 2. The molecule has 0 aliphatic carbocycles. The fourth-order valence-corrected chi connectivity index (χ4v) is 2.16. The first-order valence-corrected chi connectivity index (χ1v) is 8.57. The van der Waals surface area contributed by atoms with Crippen LogP contribution in [-0.2, 0) is 6.54 Å². The lowest BCUT2D eigenvalue weighted by atomic mass is 10.1. The number of aliphatic imine (C=N–C) groups is 1. The third kappa shape index (κ3) is 12.3. The topological polar surface area (TPSA) is 67.1 Å². The first kappa shape index (κ1) is 22.1. The second-order valence-corrected chi connectivity index (χ2v) is 5.98. The molecule has 0 saturated carbocycles. The molecule has 0 bridgehead atoms. The number of guanidine groups is 1. The van der Waals surface area contributed by atoms with Gasteiger partial charge in [-0.2, -0.15) is 0 Å². The maximum atomic E-state index is 4.63. The van der Waals surface area contributed by atoms with E-state index in [0.717, 1.165) is 50.9 Å². The largest absolute Gasteiger partial charge is 0.357 e. The normalized spacial score (nSPS) is 11.4. The standard InChI is InChI=1S/C16H32N6.HI/c1-4-17-16(18-10-6-5-9-15(2)3)19-11-7-8-12-22-13-20-21-14-22;/h13-15H,4-12H2,1-3H3,(H2,17,18,19);1H. The zero-order valence-electron chi connectivity index (χ0n) is 14.8. The molecule has 0 unspecified atom stereocenters. The first-order chi connectivity index (χ1) is 10.7. The Morgan fingerprint density at radius 3 is 2.48 bits per heavy atom. The number of aryl methyl sites for hydroxylation is 1. The van der Waals surface area contributed by atoms with Crippen LogP contribution in [0.4, 0.5) is 0 Å². The molecule has 0 aliphatic rings. The third-order valence-electron chi connectivity index (χ3n) is 3.41. The Hall–Kier alpha value is -0.860. The van der Waals surface area contributed by atoms with Crippen LogP contribution in [0.15, 0.2) is 17.6 Å². The molecule has 1 aromatic rings. The molecule has 1 heterocycles. The van der Waals surface area contributed by atoms with Crippen LogP contribution >= 0.6 is 24.0 Å². The van der Waals surface area contributed by atoms with Crippen LogP contribution in [0.5, 0.6) is 0 Å². The minimum atomic E-state index is 0. The monoisotopic (exact) mass is 436 g/mol. The number of nitrogens with one attached hydrogen (secondary N) is 2. The number of hydrogen-bond donors (Lipinski definition) is 2. The summed E-state index contributed by atoms with van der Waals surface area (Å²) in [5.41, 5.74) is 0. The highest BCUT2D eigenvalue weighted by molar-refractivity contribution is 14.0. The van der Waals surface area contributed by atoms with E-state index in [1.807, 2.05) is 4.57 Å². The quantitative estimate of drug-likeness (QED) is 0.242. The highest BCUT2D eigenvalue weighted by Gasteiger charge is 1.98. The summed E-state index contributed by atoms with van der Waals surface area (Å²) in [6.45, 7) is 10.4. The zero-order valence-corrected chi connectivity index (χ0v) is 17.1. The van der Waals surface area contributed by atoms with E-state index in [-0.39, 0.29) is 24.0 Å². The molecule has 0 saturated heterocycles. The molecule has 0 amide bonds. The lowest BCUT2D eigenvalue weighted by Gasteiger charge is -2.11. The van der Waals surface area contributed by atoms with Gasteiger partial charge in [0.1, 0.15) is 12.7 Å². The van der Waals surface area contributed by atoms with Gasteiger partial charge in [0.05, 0.1) is 0 Å². The summed E-state index contributed by atoms with van der Waals surface area (Å²) in [7, 11) is 0. The summed E-state index contributed by atoms with van der Waals surface area (Å²) in [5, 5.41) is 14.3. The van der Waals surface area contributed by atoms with Crippen LogP contribution < -0.4 is 10.6 Å². The minimum absolute atomic E-state index is 0. The molecule has 1 aromatic heterocycles. The van der Waals surface area contributed by atoms with Crippen molar-refractivity contribution in [3.05, 3.63) is 12.7 Å². The Morgan fingerprint density at radius 1 is 1.09 bits per heavy atom. The van der Waals surface area contributed by atoms with Crippen molar-refractivity contribution in [2.24, 2.45) is 10.9 Å². The van der Waals surface area contributed by atoms with Crippen molar-refractivity contribution < 1.29 is 0 Å². The zero-order chi connectivity index (χ0) is 16.0. The molecule has 0 spiro atoms. The van der Waals surface area contributed by atoms with Crippen molar-refractivity contribution in [3.63, 3.8) is 0 Å². The van der Waals surface area contributed by atoms with Crippen molar-refractivity contribution in [2.75, 3.05) is 19.6 Å². The summed E-state index contributed by atoms with van der Waals surface area (Å²) in [6, 6.07) is 0. The molecule has 1 rings (SSSR count). The second-order valence-electron chi connectivity index (χ2n) is 5.98. The van der Waals surface area contributed by atoms with E-state index in [4.69, 9.17) is 0 Å². The molecule has 0 fully saturated rings. The van der Waals surface area contributed by atoms with Crippen molar-refractivity contribution >= 4 is 29.9 Å². The summed E-state index contributed by atoms with van der Waals surface area (Å²) in [5.74, 6) is 1.73. The van der Waals surface area contributed by atoms with Crippen LogP contribution in [-0.4, -0.2) is 40.4 Å². The van der Waals surface area contributed by atoms with Gasteiger partial charge in [-0.05, 0) is 32.1 Å². The lowest BCUT2D eigenvalue weighted by Crippen LogP contribution is -2.37. The van der Waals surface area contributed by atoms with Crippen molar-refractivity contribution in [2.45, 2.75) is 59.4 Å². The van der Waals surface area contributed by atoms with E-state index in [1.165, 1.54) is 19.3 Å². The van der Waals surface area contributed by atoms with Crippen LogP contribution in [0.1, 0.15) is 52.9 Å². The molecule has 23 heavy (non-hydrogen) atoms. The van der Waals surface area contributed by atoms with Crippen LogP contribution in [0, 0.1) is 5.92 Å². The van der Waals surface area contributed by atoms with Crippen LogP contribution in [0.2, 0.25) is 0 Å². The average Bonchev–Trinajstić information content (AvgIpc) is 2.99.